The first-order valence-electron chi connectivity index (χ1n) is 7.75. The predicted molar refractivity (Wildman–Crippen MR) is 89.5 cm³/mol. The lowest BCUT2D eigenvalue weighted by Crippen LogP contribution is -2.25. The van der Waals surface area contributed by atoms with Gasteiger partial charge in [-0.3, -0.25) is 4.79 Å². The van der Waals surface area contributed by atoms with E-state index in [1.54, 1.807) is 30.6 Å². The third kappa shape index (κ3) is 4.12. The highest BCUT2D eigenvalue weighted by atomic mass is 19.3. The maximum atomic E-state index is 12.5. The molecule has 0 unspecified atom stereocenters. The van der Waals surface area contributed by atoms with Gasteiger partial charge in [0, 0.05) is 29.9 Å². The molecule has 7 heteroatoms. The largest absolute Gasteiger partial charge is 0.434 e. The normalized spacial score (nSPS) is 11.0. The van der Waals surface area contributed by atoms with E-state index in [0.717, 1.165) is 22.2 Å². The van der Waals surface area contributed by atoms with E-state index in [0.29, 0.717) is 5.56 Å². The van der Waals surface area contributed by atoms with Crippen LogP contribution in [-0.4, -0.2) is 22.5 Å². The topological polar surface area (TPSA) is 67.0 Å². The summed E-state index contributed by atoms with van der Waals surface area (Å²) in [6.45, 7) is -0.949. The molecule has 0 radical (unpaired) electrons. The number of rotatable bonds is 6. The van der Waals surface area contributed by atoms with Crippen LogP contribution in [0.3, 0.4) is 0 Å². The fourth-order valence-corrected chi connectivity index (χ4v) is 2.65. The van der Waals surface area contributed by atoms with Crippen molar-refractivity contribution in [2.75, 3.05) is 0 Å². The van der Waals surface area contributed by atoms with Crippen LogP contribution in [0.5, 0.6) is 5.75 Å². The van der Waals surface area contributed by atoms with E-state index in [1.807, 2.05) is 13.0 Å². The second-order valence-corrected chi connectivity index (χ2v) is 5.66. The number of hydrogen-bond donors (Lipinski definition) is 2. The fraction of sp³-hybridized carbons (Fsp3) is 0.222. The number of nitrogens with zero attached hydrogens (tertiary/aromatic N) is 1. The molecule has 3 aromatic rings. The van der Waals surface area contributed by atoms with Crippen molar-refractivity contribution in [2.24, 2.45) is 0 Å². The second kappa shape index (κ2) is 7.29. The van der Waals surface area contributed by atoms with Crippen molar-refractivity contribution in [3.8, 4) is 5.75 Å². The number of fused-ring (bicyclic) bond motifs is 1. The molecule has 25 heavy (non-hydrogen) atoms. The SMILES string of the molecule is Cc1ccc(OC(F)F)c(CNC(=O)Cc2c[nH]c3ncccc23)c1. The number of H-pyrrole nitrogens is 1. The number of amides is 1. The molecular weight excluding hydrogens is 328 g/mol. The molecule has 2 N–H and O–H groups in total. The van der Waals surface area contributed by atoms with Gasteiger partial charge in [0.25, 0.3) is 0 Å². The van der Waals surface area contributed by atoms with Gasteiger partial charge in [-0.25, -0.2) is 4.98 Å². The molecule has 0 saturated carbocycles. The summed E-state index contributed by atoms with van der Waals surface area (Å²) in [6.07, 6.45) is 3.59. The summed E-state index contributed by atoms with van der Waals surface area (Å²) in [4.78, 5) is 19.4. The number of halogens is 2. The molecule has 0 spiro atoms. The molecular formula is C18H17F2N3O2. The second-order valence-electron chi connectivity index (χ2n) is 5.66. The molecule has 130 valence electrons. The highest BCUT2D eigenvalue weighted by molar-refractivity contribution is 5.87. The number of carbonyl (C=O) groups excluding carboxylic acids is 1. The minimum Gasteiger partial charge on any atom is -0.434 e. The van der Waals surface area contributed by atoms with E-state index < -0.39 is 6.61 Å². The number of hydrogen-bond acceptors (Lipinski definition) is 3. The molecule has 0 bridgehead atoms. The van der Waals surface area contributed by atoms with Gasteiger partial charge in [0.1, 0.15) is 11.4 Å². The van der Waals surface area contributed by atoms with Crippen LogP contribution in [0.2, 0.25) is 0 Å². The number of carbonyl (C=O) groups is 1. The molecule has 5 nitrogen and oxygen atoms in total. The molecule has 3 rings (SSSR count). The molecule has 0 atom stereocenters. The summed E-state index contributed by atoms with van der Waals surface area (Å²) in [6, 6.07) is 8.57. The lowest BCUT2D eigenvalue weighted by molar-refractivity contribution is -0.120. The first-order valence-corrected chi connectivity index (χ1v) is 7.75. The van der Waals surface area contributed by atoms with Crippen molar-refractivity contribution in [3.05, 3.63) is 59.4 Å². The number of pyridine rings is 1. The molecule has 2 heterocycles. The Bertz CT molecular complexity index is 893. The molecule has 0 aliphatic rings. The van der Waals surface area contributed by atoms with Gasteiger partial charge >= 0.3 is 6.61 Å². The maximum absolute atomic E-state index is 12.5. The summed E-state index contributed by atoms with van der Waals surface area (Å²) in [5.41, 5.74) is 2.95. The smallest absolute Gasteiger partial charge is 0.387 e. The number of aromatic nitrogens is 2. The highest BCUT2D eigenvalue weighted by Crippen LogP contribution is 2.22. The van der Waals surface area contributed by atoms with Gasteiger partial charge in [0.2, 0.25) is 5.91 Å². The molecule has 1 amide bonds. The van der Waals surface area contributed by atoms with Crippen LogP contribution in [-0.2, 0) is 17.8 Å². The van der Waals surface area contributed by atoms with Gasteiger partial charge in [-0.15, -0.1) is 0 Å². The van der Waals surface area contributed by atoms with E-state index >= 15 is 0 Å². The van der Waals surface area contributed by atoms with Crippen molar-refractivity contribution in [2.45, 2.75) is 26.5 Å². The Kier molecular flexibility index (Phi) is 4.92. The number of alkyl halides is 2. The molecule has 2 aromatic heterocycles. The highest BCUT2D eigenvalue weighted by Gasteiger charge is 2.12. The van der Waals surface area contributed by atoms with E-state index in [2.05, 4.69) is 20.0 Å². The Balaban J connectivity index is 1.67. The van der Waals surface area contributed by atoms with Gasteiger partial charge in [0.05, 0.1) is 6.42 Å². The zero-order valence-corrected chi connectivity index (χ0v) is 13.6. The Morgan fingerprint density at radius 3 is 2.96 bits per heavy atom. The van der Waals surface area contributed by atoms with E-state index in [-0.39, 0.29) is 24.6 Å². The van der Waals surface area contributed by atoms with E-state index in [4.69, 9.17) is 0 Å². The quantitative estimate of drug-likeness (QED) is 0.720. The fourth-order valence-electron chi connectivity index (χ4n) is 2.65. The van der Waals surface area contributed by atoms with Crippen molar-refractivity contribution in [3.63, 3.8) is 0 Å². The molecule has 0 saturated heterocycles. The standard InChI is InChI=1S/C18H17F2N3O2/c1-11-4-5-15(25-18(19)20)13(7-11)10-22-16(24)8-12-9-23-17-14(12)3-2-6-21-17/h2-7,9,18H,8,10H2,1H3,(H,21,23)(H,22,24). The van der Waals surface area contributed by atoms with Gasteiger partial charge in [0.15, 0.2) is 0 Å². The van der Waals surface area contributed by atoms with Crippen LogP contribution in [0.15, 0.2) is 42.7 Å². The predicted octanol–water partition coefficient (Wildman–Crippen LogP) is 3.33. The molecule has 0 fully saturated rings. The lowest BCUT2D eigenvalue weighted by atomic mass is 10.1. The number of benzene rings is 1. The van der Waals surface area contributed by atoms with Gasteiger partial charge in [-0.05, 0) is 30.7 Å². The Hall–Kier alpha value is -2.96. The van der Waals surface area contributed by atoms with Gasteiger partial charge < -0.3 is 15.0 Å². The summed E-state index contributed by atoms with van der Waals surface area (Å²) >= 11 is 0. The van der Waals surface area contributed by atoms with Crippen LogP contribution in [0.25, 0.3) is 11.0 Å². The summed E-state index contributed by atoms with van der Waals surface area (Å²) in [5.74, 6) is -0.147. The third-order valence-electron chi connectivity index (χ3n) is 3.80. The molecule has 1 aromatic carbocycles. The summed E-state index contributed by atoms with van der Waals surface area (Å²) < 4.78 is 29.5. The number of nitrogens with one attached hydrogen (secondary N) is 2. The van der Waals surface area contributed by atoms with E-state index in [1.165, 1.54) is 6.07 Å². The lowest BCUT2D eigenvalue weighted by Gasteiger charge is -2.12. The van der Waals surface area contributed by atoms with Gasteiger partial charge in [-0.2, -0.15) is 8.78 Å². The number of ether oxygens (including phenoxy) is 1. The van der Waals surface area contributed by atoms with Crippen molar-refractivity contribution in [1.82, 2.24) is 15.3 Å². The van der Waals surface area contributed by atoms with Crippen molar-refractivity contribution in [1.29, 1.82) is 0 Å². The van der Waals surface area contributed by atoms with Crippen LogP contribution < -0.4 is 10.1 Å². The number of aromatic amines is 1. The van der Waals surface area contributed by atoms with Gasteiger partial charge in [-0.1, -0.05) is 17.7 Å². The van der Waals surface area contributed by atoms with E-state index in [9.17, 15) is 13.6 Å². The average molecular weight is 345 g/mol. The van der Waals surface area contributed by atoms with Crippen LogP contribution in [0.1, 0.15) is 16.7 Å². The zero-order valence-electron chi connectivity index (χ0n) is 13.6. The average Bonchev–Trinajstić information content (AvgIpc) is 2.98. The first-order chi connectivity index (χ1) is 12.0. The Labute approximate surface area is 143 Å². The number of aryl methyl sites for hydroxylation is 1. The molecule has 0 aliphatic carbocycles. The van der Waals surface area contributed by atoms with Crippen LogP contribution in [0, 0.1) is 6.92 Å². The maximum Gasteiger partial charge on any atom is 0.387 e. The summed E-state index contributed by atoms with van der Waals surface area (Å²) in [5, 5.41) is 3.63. The Morgan fingerprint density at radius 2 is 2.16 bits per heavy atom. The molecule has 0 aliphatic heterocycles. The van der Waals surface area contributed by atoms with Crippen LogP contribution in [0.4, 0.5) is 8.78 Å². The Morgan fingerprint density at radius 1 is 1.32 bits per heavy atom. The first kappa shape index (κ1) is 16.9. The third-order valence-corrected chi connectivity index (χ3v) is 3.80. The summed E-state index contributed by atoms with van der Waals surface area (Å²) in [7, 11) is 0. The minimum atomic E-state index is -2.91. The monoisotopic (exact) mass is 345 g/mol. The van der Waals surface area contributed by atoms with Crippen molar-refractivity contribution < 1.29 is 18.3 Å². The minimum absolute atomic E-state index is 0.0668. The van der Waals surface area contributed by atoms with Crippen LogP contribution >= 0.6 is 0 Å². The zero-order chi connectivity index (χ0) is 17.8. The van der Waals surface area contributed by atoms with Crippen molar-refractivity contribution >= 4 is 16.9 Å².